The van der Waals surface area contributed by atoms with Crippen LogP contribution in [0.2, 0.25) is 0 Å². The number of benzene rings is 2. The van der Waals surface area contributed by atoms with Crippen LogP contribution in [0.25, 0.3) is 0 Å². The van der Waals surface area contributed by atoms with Crippen molar-refractivity contribution in [1.29, 1.82) is 0 Å². The summed E-state index contributed by atoms with van der Waals surface area (Å²) in [4.78, 5) is 21.2. The fourth-order valence-corrected chi connectivity index (χ4v) is 5.94. The zero-order valence-corrected chi connectivity index (χ0v) is 17.6. The molecule has 2 aromatic rings. The zero-order valence-electron chi connectivity index (χ0n) is 15.9. The lowest BCUT2D eigenvalue weighted by atomic mass is 10.1. The van der Waals surface area contributed by atoms with Gasteiger partial charge in [0.15, 0.2) is 0 Å². The van der Waals surface area contributed by atoms with Crippen molar-refractivity contribution < 1.29 is 9.85 Å². The van der Waals surface area contributed by atoms with E-state index in [2.05, 4.69) is 0 Å². The van der Waals surface area contributed by atoms with E-state index in [9.17, 15) is 20.2 Å². The number of rotatable bonds is 11. The molecule has 0 aliphatic rings. The van der Waals surface area contributed by atoms with Crippen molar-refractivity contribution in [3.63, 3.8) is 0 Å². The van der Waals surface area contributed by atoms with Gasteiger partial charge in [-0.05, 0) is 25.0 Å². The van der Waals surface area contributed by atoms with Crippen molar-refractivity contribution >= 4 is 21.6 Å². The first kappa shape index (κ1) is 22.2. The van der Waals surface area contributed by atoms with Gasteiger partial charge in [0.25, 0.3) is 0 Å². The molecule has 150 valence electrons. The molecule has 0 aliphatic heterocycles. The standard InChI is InChI=1S/C20H24N2O4S2/c1-15-3-7-17(8-4-15)19(11-13-21(23)24)27-28-20(12-14-22(25)26)18-9-5-16(2)6-10-18/h3-10,19-20H,11-14H2,1-2H3. The van der Waals surface area contributed by atoms with Gasteiger partial charge in [0.05, 0.1) is 0 Å². The van der Waals surface area contributed by atoms with Crippen molar-refractivity contribution in [1.82, 2.24) is 0 Å². The molecule has 28 heavy (non-hydrogen) atoms. The summed E-state index contributed by atoms with van der Waals surface area (Å²) in [5.74, 6) is 0. The molecule has 0 saturated carbocycles. The van der Waals surface area contributed by atoms with Crippen LogP contribution < -0.4 is 0 Å². The molecule has 0 aliphatic carbocycles. The van der Waals surface area contributed by atoms with Gasteiger partial charge in [0.1, 0.15) is 0 Å². The number of nitro groups is 2. The van der Waals surface area contributed by atoms with Crippen LogP contribution in [-0.4, -0.2) is 22.9 Å². The average Bonchev–Trinajstić information content (AvgIpc) is 2.65. The molecule has 2 unspecified atom stereocenters. The van der Waals surface area contributed by atoms with Gasteiger partial charge in [-0.2, -0.15) is 0 Å². The van der Waals surface area contributed by atoms with Crippen LogP contribution >= 0.6 is 21.6 Å². The number of nitrogens with zero attached hydrogens (tertiary/aromatic N) is 2. The summed E-state index contributed by atoms with van der Waals surface area (Å²) in [5, 5.41) is 21.7. The molecule has 2 aromatic carbocycles. The van der Waals surface area contributed by atoms with Gasteiger partial charge < -0.3 is 0 Å². The maximum Gasteiger partial charge on any atom is 0.205 e. The van der Waals surface area contributed by atoms with Crippen LogP contribution in [0.3, 0.4) is 0 Å². The summed E-state index contributed by atoms with van der Waals surface area (Å²) in [6, 6.07) is 16.0. The van der Waals surface area contributed by atoms with Crippen LogP contribution in [0, 0.1) is 34.1 Å². The second kappa shape index (κ2) is 11.1. The second-order valence-electron chi connectivity index (χ2n) is 6.68. The van der Waals surface area contributed by atoms with Crippen molar-refractivity contribution in [3.05, 3.63) is 91.0 Å². The summed E-state index contributed by atoms with van der Waals surface area (Å²) in [6.45, 7) is 3.80. The fourth-order valence-electron chi connectivity index (χ4n) is 2.68. The minimum absolute atomic E-state index is 0.0421. The molecule has 0 amide bonds. The molecule has 2 rings (SSSR count). The molecule has 0 fully saturated rings. The molecule has 0 heterocycles. The van der Waals surface area contributed by atoms with Crippen LogP contribution in [0.15, 0.2) is 48.5 Å². The van der Waals surface area contributed by atoms with E-state index in [1.807, 2.05) is 62.4 Å². The smallest absolute Gasteiger partial charge is 0.205 e. The summed E-state index contributed by atoms with van der Waals surface area (Å²) >= 11 is 0. The van der Waals surface area contributed by atoms with Crippen LogP contribution in [0.4, 0.5) is 0 Å². The van der Waals surface area contributed by atoms with Gasteiger partial charge in [0, 0.05) is 33.2 Å². The van der Waals surface area contributed by atoms with Crippen molar-refractivity contribution in [2.75, 3.05) is 13.1 Å². The molecule has 0 aromatic heterocycles. The summed E-state index contributed by atoms with van der Waals surface area (Å²) in [6.07, 6.45) is 0.840. The van der Waals surface area contributed by atoms with E-state index in [1.54, 1.807) is 21.6 Å². The third-order valence-corrected chi connectivity index (χ3v) is 7.65. The van der Waals surface area contributed by atoms with E-state index in [4.69, 9.17) is 0 Å². The van der Waals surface area contributed by atoms with Gasteiger partial charge in [-0.1, -0.05) is 81.2 Å². The Kier molecular flexibility index (Phi) is 8.79. The number of hydrogen-bond donors (Lipinski definition) is 0. The van der Waals surface area contributed by atoms with Crippen molar-refractivity contribution in [2.45, 2.75) is 37.2 Å². The maximum atomic E-state index is 10.9. The predicted molar refractivity (Wildman–Crippen MR) is 116 cm³/mol. The average molecular weight is 421 g/mol. The highest BCUT2D eigenvalue weighted by molar-refractivity contribution is 8.76. The molecular formula is C20H24N2O4S2. The van der Waals surface area contributed by atoms with Gasteiger partial charge in [-0.3, -0.25) is 20.2 Å². The Morgan fingerprint density at radius 3 is 1.32 bits per heavy atom. The highest BCUT2D eigenvalue weighted by Crippen LogP contribution is 2.48. The third-order valence-electron chi connectivity index (χ3n) is 4.33. The summed E-state index contributed by atoms with van der Waals surface area (Å²) in [5.41, 5.74) is 4.36. The van der Waals surface area contributed by atoms with E-state index in [-0.39, 0.29) is 33.4 Å². The lowest BCUT2D eigenvalue weighted by molar-refractivity contribution is -0.480. The molecule has 2 atom stereocenters. The Labute approximate surface area is 172 Å². The van der Waals surface area contributed by atoms with Crippen LogP contribution in [0.1, 0.15) is 45.6 Å². The molecule has 0 radical (unpaired) electrons. The van der Waals surface area contributed by atoms with Gasteiger partial charge in [-0.25, -0.2) is 0 Å². The lowest BCUT2D eigenvalue weighted by Gasteiger charge is -2.20. The van der Waals surface area contributed by atoms with Crippen LogP contribution in [-0.2, 0) is 0 Å². The minimum Gasteiger partial charge on any atom is -0.265 e. The quantitative estimate of drug-likeness (QED) is 0.259. The first-order valence-corrected chi connectivity index (χ1v) is 11.3. The third kappa shape index (κ3) is 7.52. The molecule has 0 saturated heterocycles. The second-order valence-corrected chi connectivity index (χ2v) is 9.36. The van der Waals surface area contributed by atoms with E-state index in [0.29, 0.717) is 12.8 Å². The van der Waals surface area contributed by atoms with Crippen molar-refractivity contribution in [2.24, 2.45) is 0 Å². The largest absolute Gasteiger partial charge is 0.265 e. The normalized spacial score (nSPS) is 13.1. The van der Waals surface area contributed by atoms with Crippen molar-refractivity contribution in [3.8, 4) is 0 Å². The number of aryl methyl sites for hydroxylation is 2. The van der Waals surface area contributed by atoms with E-state index >= 15 is 0 Å². The maximum absolute atomic E-state index is 10.9. The molecule has 0 spiro atoms. The Bertz CT molecular complexity index is 714. The Morgan fingerprint density at radius 2 is 1.04 bits per heavy atom. The predicted octanol–water partition coefficient (Wildman–Crippen LogP) is 5.80. The monoisotopic (exact) mass is 420 g/mol. The highest BCUT2D eigenvalue weighted by atomic mass is 33.1. The summed E-state index contributed by atoms with van der Waals surface area (Å²) in [7, 11) is 3.14. The van der Waals surface area contributed by atoms with Crippen LogP contribution in [0.5, 0.6) is 0 Å². The van der Waals surface area contributed by atoms with E-state index in [0.717, 1.165) is 22.3 Å². The van der Waals surface area contributed by atoms with Gasteiger partial charge >= 0.3 is 0 Å². The number of hydrogen-bond acceptors (Lipinski definition) is 6. The SMILES string of the molecule is Cc1ccc(C(CC[N+](=O)[O-])SSC(CC[N+](=O)[O-])c2ccc(C)cc2)cc1. The Hall–Kier alpha value is -2.06. The van der Waals surface area contributed by atoms with Gasteiger partial charge in [-0.15, -0.1) is 0 Å². The van der Waals surface area contributed by atoms with E-state index in [1.165, 1.54) is 0 Å². The summed E-state index contributed by atoms with van der Waals surface area (Å²) < 4.78 is 0. The Morgan fingerprint density at radius 1 is 0.714 bits per heavy atom. The molecule has 8 heteroatoms. The molecule has 0 bridgehead atoms. The first-order valence-electron chi connectivity index (χ1n) is 9.04. The first-order chi connectivity index (χ1) is 13.3. The molecular weight excluding hydrogens is 396 g/mol. The highest BCUT2D eigenvalue weighted by Gasteiger charge is 2.21. The molecule has 6 nitrogen and oxygen atoms in total. The topological polar surface area (TPSA) is 86.3 Å². The minimum atomic E-state index is -0.295. The molecule has 0 N–H and O–H groups in total. The fraction of sp³-hybridized carbons (Fsp3) is 0.400. The van der Waals surface area contributed by atoms with Gasteiger partial charge in [0.2, 0.25) is 13.1 Å². The Balaban J connectivity index is 2.13. The zero-order chi connectivity index (χ0) is 20.5. The van der Waals surface area contributed by atoms with E-state index < -0.39 is 0 Å². The lowest BCUT2D eigenvalue weighted by Crippen LogP contribution is -2.07.